The summed E-state index contributed by atoms with van der Waals surface area (Å²) in [6.45, 7) is 4.89. The lowest BCUT2D eigenvalue weighted by molar-refractivity contribution is 0.0946. The van der Waals surface area contributed by atoms with Gasteiger partial charge >= 0.3 is 0 Å². The number of amides is 1. The van der Waals surface area contributed by atoms with Gasteiger partial charge in [0.25, 0.3) is 5.91 Å². The van der Waals surface area contributed by atoms with Gasteiger partial charge in [0.2, 0.25) is 0 Å². The molecule has 0 fully saturated rings. The Morgan fingerprint density at radius 3 is 2.68 bits per heavy atom. The molecule has 1 amide bonds. The van der Waals surface area contributed by atoms with Crippen LogP contribution in [0.15, 0.2) is 48.8 Å². The van der Waals surface area contributed by atoms with Crippen LogP contribution < -0.4 is 15.4 Å². The van der Waals surface area contributed by atoms with Crippen LogP contribution in [0.3, 0.4) is 0 Å². The molecule has 1 atom stereocenters. The van der Waals surface area contributed by atoms with E-state index in [1.165, 1.54) is 0 Å². The highest BCUT2D eigenvalue weighted by molar-refractivity contribution is 5.96. The Labute approximate surface area is 177 Å². The van der Waals surface area contributed by atoms with Crippen LogP contribution in [-0.4, -0.2) is 34.9 Å². The number of ether oxygens (including phenoxy) is 1. The summed E-state index contributed by atoms with van der Waals surface area (Å²) in [5, 5.41) is 6.01. The summed E-state index contributed by atoms with van der Waals surface area (Å²) in [6, 6.07) is 11.5. The second-order valence-corrected chi connectivity index (χ2v) is 6.34. The monoisotopic (exact) mass is 424 g/mol. The molecule has 0 saturated heterocycles. The van der Waals surface area contributed by atoms with Crippen molar-refractivity contribution in [3.63, 3.8) is 0 Å². The molecule has 28 heavy (non-hydrogen) atoms. The molecule has 0 saturated carbocycles. The Morgan fingerprint density at radius 2 is 1.96 bits per heavy atom. The number of pyridine rings is 1. The quantitative estimate of drug-likeness (QED) is 0.609. The molecule has 2 heterocycles. The number of aryl methyl sites for hydroxylation is 1. The highest BCUT2D eigenvalue weighted by Crippen LogP contribution is 2.20. The minimum Gasteiger partial charge on any atom is -0.486 e. The van der Waals surface area contributed by atoms with Gasteiger partial charge in [0.05, 0.1) is 11.3 Å². The van der Waals surface area contributed by atoms with Gasteiger partial charge < -0.3 is 19.8 Å². The predicted molar refractivity (Wildman–Crippen MR) is 116 cm³/mol. The molecule has 0 aliphatic rings. The van der Waals surface area contributed by atoms with Crippen molar-refractivity contribution < 1.29 is 9.53 Å². The first-order valence-corrected chi connectivity index (χ1v) is 8.69. The Kier molecular flexibility index (Phi) is 9.25. The average Bonchev–Trinajstić information content (AvgIpc) is 3.09. The van der Waals surface area contributed by atoms with Crippen molar-refractivity contribution in [2.75, 3.05) is 13.6 Å². The van der Waals surface area contributed by atoms with Crippen LogP contribution in [0.2, 0.25) is 0 Å². The number of hydrogen-bond acceptors (Lipinski definition) is 4. The van der Waals surface area contributed by atoms with Gasteiger partial charge in [0, 0.05) is 25.0 Å². The van der Waals surface area contributed by atoms with E-state index in [9.17, 15) is 4.79 Å². The van der Waals surface area contributed by atoms with Gasteiger partial charge in [-0.15, -0.1) is 24.8 Å². The zero-order valence-corrected chi connectivity index (χ0v) is 17.8. The van der Waals surface area contributed by atoms with Crippen molar-refractivity contribution in [1.82, 2.24) is 20.0 Å². The molecule has 1 unspecified atom stereocenters. The number of carbonyl (C=O) groups excluding carboxylic acids is 1. The van der Waals surface area contributed by atoms with Crippen molar-refractivity contribution in [1.29, 1.82) is 0 Å². The summed E-state index contributed by atoms with van der Waals surface area (Å²) < 4.78 is 7.87. The molecule has 3 aromatic rings. The van der Waals surface area contributed by atoms with Gasteiger partial charge in [0.15, 0.2) is 0 Å². The fourth-order valence-corrected chi connectivity index (χ4v) is 2.65. The van der Waals surface area contributed by atoms with E-state index in [2.05, 4.69) is 15.6 Å². The lowest BCUT2D eigenvalue weighted by atomic mass is 10.2. The number of halogens is 2. The smallest absolute Gasteiger partial charge is 0.255 e. The first kappa shape index (κ1) is 23.8. The number of fused-ring (bicyclic) bond motifs is 1. The number of nitrogens with one attached hydrogen (secondary N) is 2. The molecular formula is C20H26Cl2N4O2. The third-order valence-electron chi connectivity index (χ3n) is 4.30. The van der Waals surface area contributed by atoms with E-state index in [4.69, 9.17) is 4.74 Å². The Balaban J connectivity index is 0.00000196. The number of nitrogens with zero attached hydrogens (tertiary/aromatic N) is 2. The molecule has 0 radical (unpaired) electrons. The SMILES string of the molecule is CNC(C)CNC(=O)c1ccccc1OCc1cn2cccc(C)c2n1.Cl.Cl. The Bertz CT molecular complexity index is 914. The molecule has 6 nitrogen and oxygen atoms in total. The summed E-state index contributed by atoms with van der Waals surface area (Å²) in [7, 11) is 1.87. The summed E-state index contributed by atoms with van der Waals surface area (Å²) in [5.41, 5.74) is 3.37. The third kappa shape index (κ3) is 5.61. The van der Waals surface area contributed by atoms with Gasteiger partial charge in [-0.2, -0.15) is 0 Å². The number of hydrogen-bond donors (Lipinski definition) is 2. The molecule has 0 aliphatic heterocycles. The minimum atomic E-state index is -0.145. The molecule has 0 bridgehead atoms. The molecular weight excluding hydrogens is 399 g/mol. The van der Waals surface area contributed by atoms with Crippen LogP contribution in [-0.2, 0) is 6.61 Å². The van der Waals surface area contributed by atoms with E-state index in [0.717, 1.165) is 16.9 Å². The number of para-hydroxylation sites is 1. The van der Waals surface area contributed by atoms with E-state index in [-0.39, 0.29) is 36.8 Å². The first-order chi connectivity index (χ1) is 12.6. The van der Waals surface area contributed by atoms with Crippen LogP contribution in [0.25, 0.3) is 5.65 Å². The molecule has 8 heteroatoms. The number of benzene rings is 1. The Morgan fingerprint density at radius 1 is 1.21 bits per heavy atom. The van der Waals surface area contributed by atoms with E-state index < -0.39 is 0 Å². The third-order valence-corrected chi connectivity index (χ3v) is 4.30. The summed E-state index contributed by atoms with van der Waals surface area (Å²) in [4.78, 5) is 17.0. The van der Waals surface area contributed by atoms with Crippen LogP contribution in [0.1, 0.15) is 28.5 Å². The maximum absolute atomic E-state index is 12.4. The maximum atomic E-state index is 12.4. The number of aromatic nitrogens is 2. The second kappa shape index (κ2) is 10.9. The van der Waals surface area contributed by atoms with Gasteiger partial charge in [-0.3, -0.25) is 4.79 Å². The standard InChI is InChI=1S/C20H24N4O2.2ClH/c1-14-7-6-10-24-12-16(23-19(14)24)13-26-18-9-5-4-8-17(18)20(25)22-11-15(2)21-3;;/h4-10,12,15,21H,11,13H2,1-3H3,(H,22,25);2*1H. The molecule has 0 aliphatic carbocycles. The van der Waals surface area contributed by atoms with Crippen LogP contribution in [0.5, 0.6) is 5.75 Å². The van der Waals surface area contributed by atoms with Crippen LogP contribution in [0, 0.1) is 6.92 Å². The zero-order chi connectivity index (χ0) is 18.5. The lowest BCUT2D eigenvalue weighted by Gasteiger charge is -2.13. The van der Waals surface area contributed by atoms with Crippen LogP contribution >= 0.6 is 24.8 Å². The lowest BCUT2D eigenvalue weighted by Crippen LogP contribution is -2.37. The van der Waals surface area contributed by atoms with E-state index in [1.807, 2.05) is 62.0 Å². The minimum absolute atomic E-state index is 0. The van der Waals surface area contributed by atoms with Crippen molar-refractivity contribution >= 4 is 36.4 Å². The normalized spacial score (nSPS) is 11.2. The van der Waals surface area contributed by atoms with Crippen molar-refractivity contribution in [3.8, 4) is 5.75 Å². The molecule has 1 aromatic carbocycles. The van der Waals surface area contributed by atoms with Crippen molar-refractivity contribution in [2.45, 2.75) is 26.5 Å². The topological polar surface area (TPSA) is 67.7 Å². The Hall–Kier alpha value is -2.28. The van der Waals surface area contributed by atoms with Crippen molar-refractivity contribution in [3.05, 3.63) is 65.6 Å². The highest BCUT2D eigenvalue weighted by Gasteiger charge is 2.13. The highest BCUT2D eigenvalue weighted by atomic mass is 35.5. The molecule has 152 valence electrons. The fraction of sp³-hybridized carbons (Fsp3) is 0.300. The number of likely N-dealkylation sites (N-methyl/N-ethyl adjacent to an activating group) is 1. The van der Waals surface area contributed by atoms with E-state index in [1.54, 1.807) is 12.1 Å². The summed E-state index contributed by atoms with van der Waals surface area (Å²) >= 11 is 0. The first-order valence-electron chi connectivity index (χ1n) is 8.69. The van der Waals surface area contributed by atoms with Gasteiger partial charge in [0.1, 0.15) is 18.0 Å². The van der Waals surface area contributed by atoms with E-state index in [0.29, 0.717) is 24.5 Å². The molecule has 2 aromatic heterocycles. The van der Waals surface area contributed by atoms with Gasteiger partial charge in [-0.05, 0) is 44.7 Å². The number of carbonyl (C=O) groups is 1. The fourth-order valence-electron chi connectivity index (χ4n) is 2.65. The average molecular weight is 425 g/mol. The number of imidazole rings is 1. The summed E-state index contributed by atoms with van der Waals surface area (Å²) in [6.07, 6.45) is 3.91. The number of rotatable bonds is 7. The van der Waals surface area contributed by atoms with E-state index >= 15 is 0 Å². The summed E-state index contributed by atoms with van der Waals surface area (Å²) in [5.74, 6) is 0.407. The predicted octanol–water partition coefficient (Wildman–Crippen LogP) is 3.40. The maximum Gasteiger partial charge on any atom is 0.255 e. The molecule has 2 N–H and O–H groups in total. The molecule has 3 rings (SSSR count). The van der Waals surface area contributed by atoms with Gasteiger partial charge in [-0.1, -0.05) is 18.2 Å². The second-order valence-electron chi connectivity index (χ2n) is 6.34. The largest absolute Gasteiger partial charge is 0.486 e. The zero-order valence-electron chi connectivity index (χ0n) is 16.1. The molecule has 0 spiro atoms. The van der Waals surface area contributed by atoms with Gasteiger partial charge in [-0.25, -0.2) is 4.98 Å². The van der Waals surface area contributed by atoms with Crippen LogP contribution in [0.4, 0.5) is 0 Å². The van der Waals surface area contributed by atoms with Crippen molar-refractivity contribution in [2.24, 2.45) is 0 Å².